The van der Waals surface area contributed by atoms with Crippen molar-refractivity contribution in [3.63, 3.8) is 0 Å². The fourth-order valence-corrected chi connectivity index (χ4v) is 1.55. The van der Waals surface area contributed by atoms with Gasteiger partial charge in [-0.15, -0.1) is 0 Å². The number of hydrogen-bond acceptors (Lipinski definition) is 2. The average Bonchev–Trinajstić information content (AvgIpc) is 2.81. The number of carbonyl (C=O) groups is 1. The van der Waals surface area contributed by atoms with Crippen LogP contribution in [0.5, 0.6) is 0 Å². The van der Waals surface area contributed by atoms with Crippen molar-refractivity contribution in [1.82, 2.24) is 4.90 Å². The van der Waals surface area contributed by atoms with Gasteiger partial charge in [0.15, 0.2) is 0 Å². The molecule has 1 aromatic carbocycles. The molecule has 0 radical (unpaired) electrons. The largest absolute Gasteiger partial charge is 0.445 e. The number of nitrogens with zero attached hydrogens (tertiary/aromatic N) is 1. The number of amides is 1. The van der Waals surface area contributed by atoms with E-state index in [1.54, 1.807) is 4.90 Å². The minimum absolute atomic E-state index is 0.245. The maximum absolute atomic E-state index is 11.5. The smallest absolute Gasteiger partial charge is 0.410 e. The summed E-state index contributed by atoms with van der Waals surface area (Å²) in [7, 11) is 0. The zero-order valence-corrected chi connectivity index (χ0v) is 9.35. The molecule has 16 heavy (non-hydrogen) atoms. The summed E-state index contributed by atoms with van der Waals surface area (Å²) in [5, 5.41) is 0. The van der Waals surface area contributed by atoms with Gasteiger partial charge in [-0.25, -0.2) is 4.79 Å². The van der Waals surface area contributed by atoms with E-state index in [9.17, 15) is 4.79 Å². The van der Waals surface area contributed by atoms with Crippen LogP contribution in [0.4, 0.5) is 4.79 Å². The van der Waals surface area contributed by atoms with E-state index in [1.165, 1.54) is 5.56 Å². The lowest BCUT2D eigenvalue weighted by atomic mass is 10.2. The lowest BCUT2D eigenvalue weighted by molar-refractivity contribution is 0.106. The predicted octanol–water partition coefficient (Wildman–Crippen LogP) is 2.50. The average molecular weight is 217 g/mol. The van der Waals surface area contributed by atoms with Crippen LogP contribution in [0.25, 0.3) is 0 Å². The molecule has 1 aromatic rings. The fourth-order valence-electron chi connectivity index (χ4n) is 1.55. The third-order valence-corrected chi connectivity index (χ3v) is 2.56. The molecule has 1 aliphatic heterocycles. The molecule has 2 rings (SSSR count). The molecular weight excluding hydrogens is 202 g/mol. The Labute approximate surface area is 95.3 Å². The first-order valence-electron chi connectivity index (χ1n) is 5.38. The molecule has 0 N–H and O–H groups in total. The summed E-state index contributed by atoms with van der Waals surface area (Å²) in [4.78, 5) is 13.2. The van der Waals surface area contributed by atoms with Gasteiger partial charge in [-0.05, 0) is 12.5 Å². The fraction of sp³-hybridized carbons (Fsp3) is 0.308. The third kappa shape index (κ3) is 2.63. The van der Waals surface area contributed by atoms with Gasteiger partial charge in [-0.3, -0.25) is 0 Å². The predicted molar refractivity (Wildman–Crippen MR) is 62.1 cm³/mol. The van der Waals surface area contributed by atoms with Crippen LogP contribution in [0.3, 0.4) is 0 Å². The van der Waals surface area contributed by atoms with Gasteiger partial charge in [0.1, 0.15) is 6.61 Å². The summed E-state index contributed by atoms with van der Waals surface area (Å²) in [6, 6.07) is 7.98. The van der Waals surface area contributed by atoms with Crippen LogP contribution >= 0.6 is 0 Å². The summed E-state index contributed by atoms with van der Waals surface area (Å²) in [5.74, 6) is 0. The standard InChI is InChI=1S/C13H15NO2/c1-11-4-6-12(7-5-11)10-16-13(15)14-8-2-3-9-14/h2-7H,8-10H2,1H3. The quantitative estimate of drug-likeness (QED) is 0.712. The van der Waals surface area contributed by atoms with Crippen molar-refractivity contribution in [3.8, 4) is 0 Å². The Balaban J connectivity index is 1.82. The van der Waals surface area contributed by atoms with Gasteiger partial charge < -0.3 is 9.64 Å². The Hall–Kier alpha value is -1.77. The van der Waals surface area contributed by atoms with Gasteiger partial charge in [-0.2, -0.15) is 0 Å². The Morgan fingerprint density at radius 1 is 1.25 bits per heavy atom. The number of carbonyl (C=O) groups excluding carboxylic acids is 1. The normalized spacial score (nSPS) is 14.2. The van der Waals surface area contributed by atoms with E-state index in [0.29, 0.717) is 19.7 Å². The number of benzene rings is 1. The molecule has 0 bridgehead atoms. The van der Waals surface area contributed by atoms with E-state index in [-0.39, 0.29) is 6.09 Å². The second kappa shape index (κ2) is 4.84. The van der Waals surface area contributed by atoms with Crippen molar-refractivity contribution in [2.45, 2.75) is 13.5 Å². The first-order valence-corrected chi connectivity index (χ1v) is 5.38. The molecule has 0 unspecified atom stereocenters. The Kier molecular flexibility index (Phi) is 3.25. The second-order valence-electron chi connectivity index (χ2n) is 3.92. The molecule has 3 nitrogen and oxygen atoms in total. The molecule has 0 aromatic heterocycles. The highest BCUT2D eigenvalue weighted by Crippen LogP contribution is 2.07. The van der Waals surface area contributed by atoms with Crippen LogP contribution in [0.2, 0.25) is 0 Å². The van der Waals surface area contributed by atoms with Gasteiger partial charge in [0, 0.05) is 13.1 Å². The van der Waals surface area contributed by atoms with Crippen molar-refractivity contribution in [2.24, 2.45) is 0 Å². The second-order valence-corrected chi connectivity index (χ2v) is 3.92. The Morgan fingerprint density at radius 2 is 1.88 bits per heavy atom. The van der Waals surface area contributed by atoms with Gasteiger partial charge in [0.25, 0.3) is 0 Å². The maximum atomic E-state index is 11.5. The molecule has 1 aliphatic rings. The lowest BCUT2D eigenvalue weighted by Crippen LogP contribution is -2.28. The molecule has 0 saturated heterocycles. The summed E-state index contributed by atoms with van der Waals surface area (Å²) in [6.07, 6.45) is 3.69. The van der Waals surface area contributed by atoms with Crippen LogP contribution in [0, 0.1) is 6.92 Å². The highest BCUT2D eigenvalue weighted by Gasteiger charge is 2.15. The van der Waals surface area contributed by atoms with Gasteiger partial charge >= 0.3 is 6.09 Å². The van der Waals surface area contributed by atoms with E-state index in [4.69, 9.17) is 4.74 Å². The van der Waals surface area contributed by atoms with Crippen molar-refractivity contribution in [1.29, 1.82) is 0 Å². The van der Waals surface area contributed by atoms with E-state index < -0.39 is 0 Å². The highest BCUT2D eigenvalue weighted by atomic mass is 16.6. The number of rotatable bonds is 2. The van der Waals surface area contributed by atoms with Gasteiger partial charge in [-0.1, -0.05) is 42.0 Å². The summed E-state index contributed by atoms with van der Waals surface area (Å²) in [6.45, 7) is 3.70. The molecule has 1 amide bonds. The number of hydrogen-bond donors (Lipinski definition) is 0. The molecule has 1 heterocycles. The van der Waals surface area contributed by atoms with E-state index in [1.807, 2.05) is 43.3 Å². The first-order chi connectivity index (χ1) is 7.75. The molecular formula is C13H15NO2. The molecule has 0 atom stereocenters. The molecule has 84 valence electrons. The van der Waals surface area contributed by atoms with Crippen LogP contribution in [0.1, 0.15) is 11.1 Å². The SMILES string of the molecule is Cc1ccc(COC(=O)N2CC=CC2)cc1. The minimum Gasteiger partial charge on any atom is -0.445 e. The van der Waals surface area contributed by atoms with Crippen molar-refractivity contribution >= 4 is 6.09 Å². The molecule has 0 fully saturated rings. The molecule has 3 heteroatoms. The molecule has 0 saturated carbocycles. The van der Waals surface area contributed by atoms with Gasteiger partial charge in [0.05, 0.1) is 0 Å². The summed E-state index contributed by atoms with van der Waals surface area (Å²) >= 11 is 0. The zero-order chi connectivity index (χ0) is 11.4. The van der Waals surface area contributed by atoms with E-state index in [2.05, 4.69) is 0 Å². The number of ether oxygens (including phenoxy) is 1. The highest BCUT2D eigenvalue weighted by molar-refractivity contribution is 5.68. The lowest BCUT2D eigenvalue weighted by Gasteiger charge is -2.15. The van der Waals surface area contributed by atoms with Gasteiger partial charge in [0.2, 0.25) is 0 Å². The monoisotopic (exact) mass is 217 g/mol. The van der Waals surface area contributed by atoms with Crippen molar-refractivity contribution in [2.75, 3.05) is 13.1 Å². The molecule has 0 aliphatic carbocycles. The van der Waals surface area contributed by atoms with Crippen molar-refractivity contribution in [3.05, 3.63) is 47.5 Å². The summed E-state index contributed by atoms with van der Waals surface area (Å²) < 4.78 is 5.20. The van der Waals surface area contributed by atoms with Crippen LogP contribution in [-0.4, -0.2) is 24.1 Å². The minimum atomic E-state index is -0.245. The molecule has 0 spiro atoms. The zero-order valence-electron chi connectivity index (χ0n) is 9.35. The Morgan fingerprint density at radius 3 is 2.50 bits per heavy atom. The van der Waals surface area contributed by atoms with E-state index in [0.717, 1.165) is 5.56 Å². The topological polar surface area (TPSA) is 29.5 Å². The van der Waals surface area contributed by atoms with Crippen LogP contribution in [-0.2, 0) is 11.3 Å². The first kappa shape index (κ1) is 10.7. The van der Waals surface area contributed by atoms with Crippen LogP contribution < -0.4 is 0 Å². The van der Waals surface area contributed by atoms with E-state index >= 15 is 0 Å². The van der Waals surface area contributed by atoms with Crippen molar-refractivity contribution < 1.29 is 9.53 Å². The number of aryl methyl sites for hydroxylation is 1. The summed E-state index contributed by atoms with van der Waals surface area (Å²) in [5.41, 5.74) is 2.23. The Bertz CT molecular complexity index is 387. The maximum Gasteiger partial charge on any atom is 0.410 e. The van der Waals surface area contributed by atoms with Crippen LogP contribution in [0.15, 0.2) is 36.4 Å². The third-order valence-electron chi connectivity index (χ3n) is 2.56.